The molecule has 7 nitrogen and oxygen atoms in total. The van der Waals surface area contributed by atoms with E-state index in [1.807, 2.05) is 0 Å². The third kappa shape index (κ3) is 2.87. The molecule has 0 aliphatic rings. The Morgan fingerprint density at radius 3 is 2.45 bits per heavy atom. The number of hydrogen-bond acceptors (Lipinski definition) is 6. The second-order valence-electron chi connectivity index (χ2n) is 3.93. The summed E-state index contributed by atoms with van der Waals surface area (Å²) >= 11 is 0. The molecule has 1 aromatic heterocycles. The van der Waals surface area contributed by atoms with Gasteiger partial charge in [-0.2, -0.15) is 0 Å². The summed E-state index contributed by atoms with van der Waals surface area (Å²) < 4.78 is 16.0. The van der Waals surface area contributed by atoms with Gasteiger partial charge in [-0.1, -0.05) is 6.07 Å². The van der Waals surface area contributed by atoms with Gasteiger partial charge in [-0.3, -0.25) is 4.79 Å². The molecule has 0 radical (unpaired) electrons. The van der Waals surface area contributed by atoms with E-state index < -0.39 is 5.97 Å². The lowest BCUT2D eigenvalue weighted by Crippen LogP contribution is -1.97. The minimum atomic E-state index is -0.917. The summed E-state index contributed by atoms with van der Waals surface area (Å²) in [5.41, 5.74) is 0.548. The highest BCUT2D eigenvalue weighted by Gasteiger charge is 2.18. The van der Waals surface area contributed by atoms with Crippen molar-refractivity contribution in [3.05, 3.63) is 24.1 Å². The minimum Gasteiger partial charge on any atom is -0.496 e. The van der Waals surface area contributed by atoms with Gasteiger partial charge in [0.25, 0.3) is 5.89 Å². The van der Waals surface area contributed by atoms with Crippen molar-refractivity contribution in [3.63, 3.8) is 0 Å². The number of benzene rings is 1. The maximum atomic E-state index is 10.5. The Bertz CT molecular complexity index is 586. The van der Waals surface area contributed by atoms with E-state index in [9.17, 15) is 4.79 Å². The van der Waals surface area contributed by atoms with E-state index >= 15 is 0 Å². The minimum absolute atomic E-state index is 0.0648. The van der Waals surface area contributed by atoms with Gasteiger partial charge in [-0.25, -0.2) is 0 Å². The fourth-order valence-corrected chi connectivity index (χ4v) is 1.73. The topological polar surface area (TPSA) is 94.7 Å². The third-order valence-corrected chi connectivity index (χ3v) is 2.66. The van der Waals surface area contributed by atoms with Crippen LogP contribution >= 0.6 is 0 Å². The van der Waals surface area contributed by atoms with Crippen LogP contribution in [-0.4, -0.2) is 35.5 Å². The van der Waals surface area contributed by atoms with Gasteiger partial charge in [0.2, 0.25) is 5.89 Å². The average Bonchev–Trinajstić information content (AvgIpc) is 2.92. The molecule has 0 aliphatic carbocycles. The van der Waals surface area contributed by atoms with Gasteiger partial charge < -0.3 is 19.0 Å². The standard InChI is InChI=1S/C13H14N2O5/c1-18-8-4-3-5-9(19-2)12(8)13-15-14-10(20-13)6-7-11(16)17/h3-5H,6-7H2,1-2H3,(H,16,17). The van der Waals surface area contributed by atoms with Gasteiger partial charge in [-0.05, 0) is 12.1 Å². The Labute approximate surface area is 115 Å². The van der Waals surface area contributed by atoms with E-state index in [0.717, 1.165) is 0 Å². The monoisotopic (exact) mass is 278 g/mol. The van der Waals surface area contributed by atoms with Crippen LogP contribution in [0.4, 0.5) is 0 Å². The first-order chi connectivity index (χ1) is 9.65. The number of aliphatic carboxylic acids is 1. The van der Waals surface area contributed by atoms with Gasteiger partial charge in [-0.15, -0.1) is 10.2 Å². The van der Waals surface area contributed by atoms with Crippen molar-refractivity contribution in [1.82, 2.24) is 10.2 Å². The molecule has 1 heterocycles. The summed E-state index contributed by atoms with van der Waals surface area (Å²) in [7, 11) is 3.06. The highest BCUT2D eigenvalue weighted by atomic mass is 16.5. The first-order valence-corrected chi connectivity index (χ1v) is 5.91. The van der Waals surface area contributed by atoms with E-state index in [1.54, 1.807) is 18.2 Å². The van der Waals surface area contributed by atoms with Gasteiger partial charge in [0, 0.05) is 6.42 Å². The van der Waals surface area contributed by atoms with Crippen molar-refractivity contribution in [1.29, 1.82) is 0 Å². The SMILES string of the molecule is COc1cccc(OC)c1-c1nnc(CCC(=O)O)o1. The van der Waals surface area contributed by atoms with Crippen LogP contribution in [-0.2, 0) is 11.2 Å². The van der Waals surface area contributed by atoms with Crippen LogP contribution in [0.15, 0.2) is 22.6 Å². The lowest BCUT2D eigenvalue weighted by atomic mass is 10.2. The summed E-state index contributed by atoms with van der Waals surface area (Å²) in [6, 6.07) is 5.28. The zero-order chi connectivity index (χ0) is 14.5. The first-order valence-electron chi connectivity index (χ1n) is 5.91. The second kappa shape index (κ2) is 6.05. The van der Waals surface area contributed by atoms with E-state index in [2.05, 4.69) is 10.2 Å². The Balaban J connectivity index is 2.34. The molecule has 0 spiro atoms. The number of carbonyl (C=O) groups is 1. The largest absolute Gasteiger partial charge is 0.496 e. The summed E-state index contributed by atoms with van der Waals surface area (Å²) in [6.07, 6.45) is 0.116. The summed E-state index contributed by atoms with van der Waals surface area (Å²) in [4.78, 5) is 10.5. The molecular formula is C13H14N2O5. The molecule has 0 aliphatic heterocycles. The van der Waals surface area contributed by atoms with Crippen LogP contribution < -0.4 is 9.47 Å². The Kier molecular flexibility index (Phi) is 4.19. The Hall–Kier alpha value is -2.57. The van der Waals surface area contributed by atoms with Gasteiger partial charge in [0.05, 0.1) is 20.6 Å². The lowest BCUT2D eigenvalue weighted by Gasteiger charge is -2.09. The highest BCUT2D eigenvalue weighted by molar-refractivity contribution is 5.70. The zero-order valence-electron chi connectivity index (χ0n) is 11.1. The summed E-state index contributed by atoms with van der Waals surface area (Å²) in [5, 5.41) is 16.4. The van der Waals surface area contributed by atoms with Crippen LogP contribution in [0.5, 0.6) is 11.5 Å². The molecule has 0 saturated heterocycles. The van der Waals surface area contributed by atoms with Crippen LogP contribution in [0.2, 0.25) is 0 Å². The van der Waals surface area contributed by atoms with Gasteiger partial charge >= 0.3 is 5.97 Å². The molecular weight excluding hydrogens is 264 g/mol. The molecule has 0 fully saturated rings. The van der Waals surface area contributed by atoms with Crippen LogP contribution in [0.3, 0.4) is 0 Å². The fraction of sp³-hybridized carbons (Fsp3) is 0.308. The maximum absolute atomic E-state index is 10.5. The molecule has 106 valence electrons. The average molecular weight is 278 g/mol. The van der Waals surface area contributed by atoms with Crippen LogP contribution in [0.1, 0.15) is 12.3 Å². The van der Waals surface area contributed by atoms with Crippen molar-refractivity contribution < 1.29 is 23.8 Å². The van der Waals surface area contributed by atoms with Crippen molar-refractivity contribution in [3.8, 4) is 23.0 Å². The maximum Gasteiger partial charge on any atom is 0.303 e. The number of aryl methyl sites for hydroxylation is 1. The zero-order valence-corrected chi connectivity index (χ0v) is 11.1. The molecule has 0 bridgehead atoms. The normalized spacial score (nSPS) is 10.3. The molecule has 0 amide bonds. The van der Waals surface area contributed by atoms with Gasteiger partial charge in [0.15, 0.2) is 0 Å². The third-order valence-electron chi connectivity index (χ3n) is 2.66. The number of methoxy groups -OCH3 is 2. The number of ether oxygens (including phenoxy) is 2. The summed E-state index contributed by atoms with van der Waals surface area (Å²) in [6.45, 7) is 0. The first kappa shape index (κ1) is 13.9. The van der Waals surface area contributed by atoms with E-state index in [-0.39, 0.29) is 24.6 Å². The number of carboxylic acid groups (broad SMARTS) is 1. The molecule has 1 N–H and O–H groups in total. The number of carboxylic acids is 1. The smallest absolute Gasteiger partial charge is 0.303 e. The number of rotatable bonds is 6. The van der Waals surface area contributed by atoms with Crippen molar-refractivity contribution in [2.75, 3.05) is 14.2 Å². The Morgan fingerprint density at radius 1 is 1.25 bits per heavy atom. The number of aromatic nitrogens is 2. The lowest BCUT2D eigenvalue weighted by molar-refractivity contribution is -0.137. The van der Waals surface area contributed by atoms with Crippen molar-refractivity contribution in [2.45, 2.75) is 12.8 Å². The molecule has 20 heavy (non-hydrogen) atoms. The van der Waals surface area contributed by atoms with Crippen LogP contribution in [0.25, 0.3) is 11.5 Å². The van der Waals surface area contributed by atoms with Gasteiger partial charge in [0.1, 0.15) is 17.1 Å². The number of hydrogen-bond donors (Lipinski definition) is 1. The molecule has 0 saturated carbocycles. The molecule has 1 aromatic carbocycles. The predicted octanol–water partition coefficient (Wildman–Crippen LogP) is 1.77. The molecule has 2 aromatic rings. The van der Waals surface area contributed by atoms with Crippen molar-refractivity contribution in [2.24, 2.45) is 0 Å². The van der Waals surface area contributed by atoms with Crippen molar-refractivity contribution >= 4 is 5.97 Å². The Morgan fingerprint density at radius 2 is 1.90 bits per heavy atom. The quantitative estimate of drug-likeness (QED) is 0.860. The predicted molar refractivity (Wildman–Crippen MR) is 68.8 cm³/mol. The summed E-state index contributed by atoms with van der Waals surface area (Å²) in [5.74, 6) is 0.658. The van der Waals surface area contributed by atoms with E-state index in [4.69, 9.17) is 19.0 Å². The fourth-order valence-electron chi connectivity index (χ4n) is 1.73. The second-order valence-corrected chi connectivity index (χ2v) is 3.93. The molecule has 7 heteroatoms. The van der Waals surface area contributed by atoms with E-state index in [0.29, 0.717) is 17.1 Å². The van der Waals surface area contributed by atoms with Crippen LogP contribution in [0, 0.1) is 0 Å². The highest BCUT2D eigenvalue weighted by Crippen LogP contribution is 2.37. The molecule has 0 atom stereocenters. The molecule has 0 unspecified atom stereocenters. The van der Waals surface area contributed by atoms with E-state index in [1.165, 1.54) is 14.2 Å². The number of nitrogens with zero attached hydrogens (tertiary/aromatic N) is 2. The molecule has 2 rings (SSSR count).